The van der Waals surface area contributed by atoms with E-state index in [-0.39, 0.29) is 18.1 Å². The minimum absolute atomic E-state index is 0.133. The largest absolute Gasteiger partial charge is 0.497 e. The topological polar surface area (TPSA) is 71.0 Å². The molecule has 0 saturated heterocycles. The number of hydrogen-bond donors (Lipinski definition) is 1. The summed E-state index contributed by atoms with van der Waals surface area (Å²) in [6.07, 6.45) is 0.133. The highest BCUT2D eigenvalue weighted by molar-refractivity contribution is 6.48. The highest BCUT2D eigenvalue weighted by atomic mass is 35.5. The predicted octanol–water partition coefficient (Wildman–Crippen LogP) is 6.27. The van der Waals surface area contributed by atoms with Crippen LogP contribution in [0.2, 0.25) is 5.02 Å². The van der Waals surface area contributed by atoms with Gasteiger partial charge in [-0.3, -0.25) is 14.6 Å². The SMILES string of the molecule is COc1ccc([C@H]2C(C(=O)c3ccccc3)=NN(c3ccccc3)[C@@H]2CC(=O)NCc2ccc(Cl)cc2)cc1. The third-order valence-electron chi connectivity index (χ3n) is 6.77. The number of Topliss-reactive ketones (excluding diaryl/α,β-unsaturated/α-hetero) is 1. The molecule has 0 bridgehead atoms. The zero-order valence-electron chi connectivity index (χ0n) is 21.5. The molecule has 2 atom stereocenters. The Labute approximate surface area is 232 Å². The number of methoxy groups -OCH3 is 1. The lowest BCUT2D eigenvalue weighted by Crippen LogP contribution is -2.38. The Balaban J connectivity index is 1.50. The Kier molecular flexibility index (Phi) is 8.04. The Bertz CT molecular complexity index is 1460. The number of ether oxygens (including phenoxy) is 1. The number of benzene rings is 4. The van der Waals surface area contributed by atoms with Crippen molar-refractivity contribution in [2.24, 2.45) is 5.10 Å². The molecule has 196 valence electrons. The van der Waals surface area contributed by atoms with Gasteiger partial charge in [0.15, 0.2) is 0 Å². The van der Waals surface area contributed by atoms with Crippen molar-refractivity contribution in [3.63, 3.8) is 0 Å². The number of ketones is 1. The van der Waals surface area contributed by atoms with Crippen molar-refractivity contribution in [1.29, 1.82) is 0 Å². The van der Waals surface area contributed by atoms with Crippen LogP contribution in [-0.4, -0.2) is 30.6 Å². The van der Waals surface area contributed by atoms with Gasteiger partial charge in [-0.1, -0.05) is 84.4 Å². The maximum atomic E-state index is 13.8. The van der Waals surface area contributed by atoms with Gasteiger partial charge in [-0.25, -0.2) is 0 Å². The number of hydrazone groups is 1. The Morgan fingerprint density at radius 1 is 0.872 bits per heavy atom. The van der Waals surface area contributed by atoms with Crippen LogP contribution >= 0.6 is 11.6 Å². The third kappa shape index (κ3) is 6.02. The number of anilines is 1. The third-order valence-corrected chi connectivity index (χ3v) is 7.02. The summed E-state index contributed by atoms with van der Waals surface area (Å²) in [6.45, 7) is 0.373. The van der Waals surface area contributed by atoms with E-state index in [0.29, 0.717) is 28.6 Å². The molecular formula is C32H28ClN3O3. The van der Waals surface area contributed by atoms with Crippen LogP contribution in [0.1, 0.15) is 33.8 Å². The fraction of sp³-hybridized carbons (Fsp3) is 0.156. The van der Waals surface area contributed by atoms with Crippen molar-refractivity contribution in [1.82, 2.24) is 5.32 Å². The van der Waals surface area contributed by atoms with Crippen molar-refractivity contribution in [3.05, 3.63) is 131 Å². The van der Waals surface area contributed by atoms with Gasteiger partial charge < -0.3 is 10.1 Å². The van der Waals surface area contributed by atoms with Crippen LogP contribution in [0, 0.1) is 0 Å². The van der Waals surface area contributed by atoms with Crippen LogP contribution < -0.4 is 15.1 Å². The van der Waals surface area contributed by atoms with Gasteiger partial charge in [0.1, 0.15) is 11.5 Å². The van der Waals surface area contributed by atoms with Crippen LogP contribution in [0.25, 0.3) is 0 Å². The van der Waals surface area contributed by atoms with Gasteiger partial charge in [0.05, 0.1) is 31.2 Å². The maximum absolute atomic E-state index is 13.8. The summed E-state index contributed by atoms with van der Waals surface area (Å²) in [5, 5.41) is 10.3. The molecule has 1 N–H and O–H groups in total. The molecule has 1 heterocycles. The quantitative estimate of drug-likeness (QED) is 0.256. The van der Waals surface area contributed by atoms with E-state index in [1.54, 1.807) is 31.4 Å². The molecule has 0 unspecified atom stereocenters. The summed E-state index contributed by atoms with van der Waals surface area (Å²) in [4.78, 5) is 27.1. The van der Waals surface area contributed by atoms with E-state index in [1.165, 1.54) is 0 Å². The first-order chi connectivity index (χ1) is 19.0. The monoisotopic (exact) mass is 537 g/mol. The molecule has 0 aromatic heterocycles. The van der Waals surface area contributed by atoms with E-state index in [4.69, 9.17) is 21.4 Å². The summed E-state index contributed by atoms with van der Waals surface area (Å²) in [5.41, 5.74) is 3.58. The first-order valence-electron chi connectivity index (χ1n) is 12.7. The number of nitrogens with zero attached hydrogens (tertiary/aromatic N) is 2. The van der Waals surface area contributed by atoms with Crippen LogP contribution in [0.5, 0.6) is 5.75 Å². The number of halogens is 1. The molecule has 39 heavy (non-hydrogen) atoms. The second-order valence-electron chi connectivity index (χ2n) is 9.29. The van der Waals surface area contributed by atoms with E-state index in [9.17, 15) is 9.59 Å². The number of amides is 1. The van der Waals surface area contributed by atoms with Crippen LogP contribution in [0.4, 0.5) is 5.69 Å². The lowest BCUT2D eigenvalue weighted by Gasteiger charge is -2.28. The molecule has 5 rings (SSSR count). The van der Waals surface area contributed by atoms with Gasteiger partial charge in [0.2, 0.25) is 11.7 Å². The molecule has 1 aliphatic heterocycles. The second kappa shape index (κ2) is 12.0. The van der Waals surface area contributed by atoms with Gasteiger partial charge in [0, 0.05) is 17.1 Å². The Morgan fingerprint density at radius 3 is 2.15 bits per heavy atom. The van der Waals surface area contributed by atoms with E-state index in [1.807, 2.05) is 89.9 Å². The molecule has 4 aromatic carbocycles. The van der Waals surface area contributed by atoms with Gasteiger partial charge in [-0.15, -0.1) is 0 Å². The standard InChI is InChI=1S/C32H28ClN3O3/c1-39-27-18-14-23(15-19-27)30-28(20-29(37)34-21-22-12-16-25(33)17-13-22)36(26-10-6-3-7-11-26)35-31(30)32(38)24-8-4-2-5-9-24/h2-19,28,30H,20-21H2,1H3,(H,34,37)/t28-,30-/m1/s1. The molecule has 0 spiro atoms. The smallest absolute Gasteiger partial charge is 0.222 e. The predicted molar refractivity (Wildman–Crippen MR) is 155 cm³/mol. The van der Waals surface area contributed by atoms with E-state index >= 15 is 0 Å². The molecule has 1 aliphatic rings. The minimum atomic E-state index is -0.440. The lowest BCUT2D eigenvalue weighted by atomic mass is 9.83. The van der Waals surface area contributed by atoms with Crippen molar-refractivity contribution in [2.75, 3.05) is 12.1 Å². The van der Waals surface area contributed by atoms with Crippen molar-refractivity contribution in [3.8, 4) is 5.75 Å². The molecule has 4 aromatic rings. The van der Waals surface area contributed by atoms with Crippen LogP contribution in [0.15, 0.2) is 114 Å². The summed E-state index contributed by atoms with van der Waals surface area (Å²) in [6, 6.07) is 33.3. The molecule has 1 amide bonds. The van der Waals surface area contributed by atoms with Gasteiger partial charge in [-0.2, -0.15) is 5.10 Å². The molecule has 0 fully saturated rings. The number of rotatable bonds is 9. The van der Waals surface area contributed by atoms with Crippen molar-refractivity contribution >= 4 is 34.7 Å². The number of carbonyl (C=O) groups excluding carboxylic acids is 2. The summed E-state index contributed by atoms with van der Waals surface area (Å²) in [7, 11) is 1.61. The zero-order chi connectivity index (χ0) is 27.2. The number of hydrogen-bond acceptors (Lipinski definition) is 5. The summed E-state index contributed by atoms with van der Waals surface area (Å²) >= 11 is 6.00. The van der Waals surface area contributed by atoms with Crippen LogP contribution in [0.3, 0.4) is 0 Å². The van der Waals surface area contributed by atoms with E-state index < -0.39 is 12.0 Å². The first-order valence-corrected chi connectivity index (χ1v) is 13.1. The number of para-hydroxylation sites is 1. The highest BCUT2D eigenvalue weighted by Gasteiger charge is 2.43. The highest BCUT2D eigenvalue weighted by Crippen LogP contribution is 2.38. The normalized spacial score (nSPS) is 16.5. The van der Waals surface area contributed by atoms with E-state index in [0.717, 1.165) is 16.8 Å². The fourth-order valence-electron chi connectivity index (χ4n) is 4.79. The molecule has 6 nitrogen and oxygen atoms in total. The molecular weight excluding hydrogens is 510 g/mol. The minimum Gasteiger partial charge on any atom is -0.497 e. The fourth-order valence-corrected chi connectivity index (χ4v) is 4.92. The summed E-state index contributed by atoms with van der Waals surface area (Å²) < 4.78 is 5.36. The summed E-state index contributed by atoms with van der Waals surface area (Å²) in [5.74, 6) is -0.0358. The number of carbonyl (C=O) groups is 2. The second-order valence-corrected chi connectivity index (χ2v) is 9.72. The Morgan fingerprint density at radius 2 is 1.51 bits per heavy atom. The van der Waals surface area contributed by atoms with Crippen molar-refractivity contribution in [2.45, 2.75) is 24.9 Å². The first kappa shape index (κ1) is 26.2. The van der Waals surface area contributed by atoms with Crippen molar-refractivity contribution < 1.29 is 14.3 Å². The Hall–Kier alpha value is -4.42. The zero-order valence-corrected chi connectivity index (χ0v) is 22.2. The number of nitrogens with one attached hydrogen (secondary N) is 1. The molecule has 0 radical (unpaired) electrons. The molecule has 0 saturated carbocycles. The van der Waals surface area contributed by atoms with Gasteiger partial charge in [-0.05, 0) is 47.5 Å². The lowest BCUT2D eigenvalue weighted by molar-refractivity contribution is -0.121. The van der Waals surface area contributed by atoms with E-state index in [2.05, 4.69) is 5.32 Å². The van der Waals surface area contributed by atoms with Gasteiger partial charge >= 0.3 is 0 Å². The van der Waals surface area contributed by atoms with Crippen LogP contribution in [-0.2, 0) is 11.3 Å². The molecule has 7 heteroatoms. The average molecular weight is 538 g/mol. The maximum Gasteiger partial charge on any atom is 0.222 e. The molecule has 0 aliphatic carbocycles. The average Bonchev–Trinajstić information content (AvgIpc) is 3.36. The van der Waals surface area contributed by atoms with Gasteiger partial charge in [0.25, 0.3) is 0 Å².